The molecule has 0 fully saturated rings. The molecule has 47 heavy (non-hydrogen) atoms. The molecule has 0 aromatic heterocycles. The third-order valence-electron chi connectivity index (χ3n) is 11.1. The third-order valence-corrected chi connectivity index (χ3v) is 11.1. The Labute approximate surface area is 273 Å². The fourth-order valence-electron chi connectivity index (χ4n) is 8.80. The van der Waals surface area contributed by atoms with Crippen molar-refractivity contribution in [2.45, 2.75) is 31.3 Å². The maximum Gasteiger partial charge on any atom is 0.174 e. The second kappa shape index (κ2) is 10.0. The van der Waals surface area contributed by atoms with E-state index >= 15 is 4.39 Å². The van der Waals surface area contributed by atoms with E-state index in [9.17, 15) is 4.39 Å². The van der Waals surface area contributed by atoms with Crippen molar-refractivity contribution < 1.29 is 18.3 Å². The predicted octanol–water partition coefficient (Wildman–Crippen LogP) is 10.5. The molecule has 4 aromatic carbocycles. The van der Waals surface area contributed by atoms with E-state index in [0.29, 0.717) is 28.9 Å². The maximum absolute atomic E-state index is 15.2. The van der Waals surface area contributed by atoms with Crippen LogP contribution in [0.2, 0.25) is 0 Å². The zero-order valence-corrected chi connectivity index (χ0v) is 26.6. The highest BCUT2D eigenvalue weighted by atomic mass is 19.1. The summed E-state index contributed by atoms with van der Waals surface area (Å²) in [6.07, 6.45) is 23.1. The molecule has 4 aliphatic carbocycles. The van der Waals surface area contributed by atoms with Gasteiger partial charge in [0.2, 0.25) is 0 Å². The van der Waals surface area contributed by atoms with E-state index in [-0.39, 0.29) is 11.6 Å². The first-order valence-corrected chi connectivity index (χ1v) is 16.4. The van der Waals surface area contributed by atoms with Crippen molar-refractivity contribution in [2.24, 2.45) is 17.8 Å². The van der Waals surface area contributed by atoms with Gasteiger partial charge in [-0.1, -0.05) is 92.8 Å². The number of allylic oxidation sites excluding steroid dienone is 9. The summed E-state index contributed by atoms with van der Waals surface area (Å²) >= 11 is 0. The maximum atomic E-state index is 15.2. The van der Waals surface area contributed by atoms with E-state index in [0.717, 1.165) is 56.5 Å². The summed E-state index contributed by atoms with van der Waals surface area (Å²) in [6, 6.07) is 18.0. The Morgan fingerprint density at radius 3 is 2.45 bits per heavy atom. The Morgan fingerprint density at radius 1 is 0.830 bits per heavy atom. The van der Waals surface area contributed by atoms with E-state index < -0.39 is 11.0 Å². The van der Waals surface area contributed by atoms with E-state index in [1.807, 2.05) is 24.3 Å². The lowest BCUT2D eigenvalue weighted by Gasteiger charge is -2.44. The summed E-state index contributed by atoms with van der Waals surface area (Å²) in [6.45, 7) is 4.28. The zero-order valence-electron chi connectivity index (χ0n) is 26.6. The number of ether oxygens (including phenoxy) is 2. The molecule has 0 saturated carbocycles. The first-order valence-electron chi connectivity index (χ1n) is 16.4. The topological polar surface area (TPSA) is 18.5 Å². The van der Waals surface area contributed by atoms with Crippen LogP contribution in [0.4, 0.5) is 8.78 Å². The van der Waals surface area contributed by atoms with Gasteiger partial charge in [-0.2, -0.15) is 0 Å². The number of benzene rings is 4. The fraction of sp³-hybridized carbons (Fsp3) is 0.209. The largest absolute Gasteiger partial charge is 0.497 e. The van der Waals surface area contributed by atoms with Crippen LogP contribution in [0.5, 0.6) is 11.5 Å². The Balaban J connectivity index is 1.28. The molecule has 0 N–H and O–H groups in total. The minimum Gasteiger partial charge on any atom is -0.497 e. The summed E-state index contributed by atoms with van der Waals surface area (Å²) < 4.78 is 42.8. The average Bonchev–Trinajstić information content (AvgIpc) is 3.33. The molecule has 4 heteroatoms. The number of halogens is 2. The Bertz CT molecular complexity index is 2190. The fourth-order valence-corrected chi connectivity index (χ4v) is 8.80. The van der Waals surface area contributed by atoms with Crippen LogP contribution in [0.1, 0.15) is 42.5 Å². The first-order chi connectivity index (χ1) is 22.8. The molecule has 4 unspecified atom stereocenters. The van der Waals surface area contributed by atoms with E-state index in [4.69, 9.17) is 9.47 Å². The van der Waals surface area contributed by atoms with E-state index in [1.165, 1.54) is 17.7 Å². The minimum absolute atomic E-state index is 0.265. The summed E-state index contributed by atoms with van der Waals surface area (Å²) in [5.41, 5.74) is 6.92. The number of methoxy groups -OCH3 is 1. The Hall–Kier alpha value is -4.96. The van der Waals surface area contributed by atoms with Gasteiger partial charge < -0.3 is 9.47 Å². The second-order valence-corrected chi connectivity index (χ2v) is 13.8. The lowest BCUT2D eigenvalue weighted by Crippen LogP contribution is -2.39. The highest BCUT2D eigenvalue weighted by molar-refractivity contribution is 6.08. The second-order valence-electron chi connectivity index (χ2n) is 13.8. The van der Waals surface area contributed by atoms with Crippen molar-refractivity contribution >= 4 is 16.8 Å². The Morgan fingerprint density at radius 2 is 1.62 bits per heavy atom. The molecule has 0 bridgehead atoms. The van der Waals surface area contributed by atoms with Gasteiger partial charge in [0.05, 0.1) is 7.11 Å². The summed E-state index contributed by atoms with van der Waals surface area (Å²) in [5, 5.41) is 1.61. The smallest absolute Gasteiger partial charge is 0.174 e. The van der Waals surface area contributed by atoms with Gasteiger partial charge in [-0.05, 0) is 99.5 Å². The van der Waals surface area contributed by atoms with Gasteiger partial charge >= 0.3 is 0 Å². The van der Waals surface area contributed by atoms with Crippen molar-refractivity contribution in [1.29, 1.82) is 0 Å². The molecule has 5 aliphatic rings. The number of fused-ring (bicyclic) bond motifs is 11. The standard InChI is InChI=1S/C43H34F2O2/c1-42(2)38-24-30(45)15-19-34(38)39-33-18-14-29(44)23-37(33)41-35(40(39)42)20-21-43(47-41,27-12-16-31(46-3)17-13-27)28-11-10-26-9-8-25-6-4-5-7-32(25)36(26)22-28/h4-21,23-25,32,36H,22H2,1-3H3. The normalized spacial score (nSPS) is 25.6. The Kier molecular flexibility index (Phi) is 6.03. The molecule has 232 valence electrons. The minimum atomic E-state index is -0.943. The zero-order chi connectivity index (χ0) is 32.1. The summed E-state index contributed by atoms with van der Waals surface area (Å²) in [7, 11) is 1.67. The van der Waals surface area contributed by atoms with Crippen molar-refractivity contribution in [1.82, 2.24) is 0 Å². The van der Waals surface area contributed by atoms with Gasteiger partial charge in [0.25, 0.3) is 0 Å². The summed E-state index contributed by atoms with van der Waals surface area (Å²) in [5.74, 6) is 1.86. The van der Waals surface area contributed by atoms with Gasteiger partial charge in [0.1, 0.15) is 23.1 Å². The molecular weight excluding hydrogens is 586 g/mol. The van der Waals surface area contributed by atoms with E-state index in [1.54, 1.807) is 19.2 Å². The molecule has 4 atom stereocenters. The highest BCUT2D eigenvalue weighted by Crippen LogP contribution is 2.59. The molecule has 4 aromatic rings. The lowest BCUT2D eigenvalue weighted by molar-refractivity contribution is 0.148. The van der Waals surface area contributed by atoms with Crippen LogP contribution in [0.3, 0.4) is 0 Å². The van der Waals surface area contributed by atoms with Gasteiger partial charge in [-0.15, -0.1) is 0 Å². The van der Waals surface area contributed by atoms with Crippen molar-refractivity contribution in [3.8, 4) is 22.6 Å². The van der Waals surface area contributed by atoms with Gasteiger partial charge in [-0.3, -0.25) is 0 Å². The molecule has 1 aliphatic heterocycles. The molecule has 0 saturated heterocycles. The SMILES string of the molecule is COc1ccc(C2(C3=CC=C4C=CC5C=CC=CC5C4C3)C=Cc3c4c(c5ccc(F)cc5c3O2)-c2ccc(F)cc2C4(C)C)cc1. The van der Waals surface area contributed by atoms with Crippen molar-refractivity contribution in [2.75, 3.05) is 7.11 Å². The molecule has 0 spiro atoms. The molecule has 0 radical (unpaired) electrons. The quantitative estimate of drug-likeness (QED) is 0.227. The molecule has 0 amide bonds. The monoisotopic (exact) mass is 620 g/mol. The number of hydrogen-bond acceptors (Lipinski definition) is 2. The lowest BCUT2D eigenvalue weighted by atomic mass is 9.65. The van der Waals surface area contributed by atoms with Crippen LogP contribution in [0, 0.1) is 29.4 Å². The molecule has 9 rings (SSSR count). The van der Waals surface area contributed by atoms with Gasteiger partial charge in [0, 0.05) is 27.8 Å². The van der Waals surface area contributed by atoms with Crippen LogP contribution in [-0.2, 0) is 11.0 Å². The summed E-state index contributed by atoms with van der Waals surface area (Å²) in [4.78, 5) is 0. The molecule has 2 nitrogen and oxygen atoms in total. The predicted molar refractivity (Wildman–Crippen MR) is 184 cm³/mol. The van der Waals surface area contributed by atoms with Crippen LogP contribution in [-0.4, -0.2) is 7.11 Å². The van der Waals surface area contributed by atoms with Gasteiger partial charge in [0.15, 0.2) is 5.60 Å². The van der Waals surface area contributed by atoms with Crippen molar-refractivity contribution in [3.05, 3.63) is 160 Å². The highest BCUT2D eigenvalue weighted by Gasteiger charge is 2.47. The van der Waals surface area contributed by atoms with Crippen LogP contribution in [0.25, 0.3) is 28.0 Å². The van der Waals surface area contributed by atoms with Crippen LogP contribution < -0.4 is 9.47 Å². The first kappa shape index (κ1) is 28.3. The molecule has 1 heterocycles. The molecular formula is C43H34F2O2. The van der Waals surface area contributed by atoms with Crippen molar-refractivity contribution in [3.63, 3.8) is 0 Å². The van der Waals surface area contributed by atoms with Crippen LogP contribution in [0.15, 0.2) is 126 Å². The van der Waals surface area contributed by atoms with E-state index in [2.05, 4.69) is 86.7 Å². The number of hydrogen-bond donors (Lipinski definition) is 0. The number of rotatable bonds is 3. The van der Waals surface area contributed by atoms with Gasteiger partial charge in [-0.25, -0.2) is 8.78 Å². The van der Waals surface area contributed by atoms with Crippen LogP contribution >= 0.6 is 0 Å². The average molecular weight is 621 g/mol. The third kappa shape index (κ3) is 4.00.